The molecule has 0 saturated heterocycles. The summed E-state index contributed by atoms with van der Waals surface area (Å²) >= 11 is 0. The topological polar surface area (TPSA) is 91.2 Å². The van der Waals surface area contributed by atoms with Gasteiger partial charge in [-0.25, -0.2) is 4.79 Å². The van der Waals surface area contributed by atoms with E-state index in [9.17, 15) is 9.59 Å². The van der Waals surface area contributed by atoms with Crippen LogP contribution in [0.2, 0.25) is 0 Å². The third kappa shape index (κ3) is 5.21. The van der Waals surface area contributed by atoms with Crippen LogP contribution in [0.4, 0.5) is 16.2 Å². The molecule has 2 N–H and O–H groups in total. The van der Waals surface area contributed by atoms with E-state index < -0.39 is 6.09 Å². The minimum atomic E-state index is -0.545. The van der Waals surface area contributed by atoms with Crippen LogP contribution in [-0.4, -0.2) is 18.6 Å². The molecule has 0 radical (unpaired) electrons. The summed E-state index contributed by atoms with van der Waals surface area (Å²) in [6.07, 6.45) is 2.48. The molecule has 0 aliphatic heterocycles. The van der Waals surface area contributed by atoms with Gasteiger partial charge in [-0.1, -0.05) is 18.2 Å². The zero-order valence-electron chi connectivity index (χ0n) is 14.6. The number of ether oxygens (including phenoxy) is 1. The molecule has 0 bridgehead atoms. The lowest BCUT2D eigenvalue weighted by molar-refractivity contribution is -0.111. The predicted octanol–water partition coefficient (Wildman–Crippen LogP) is 4.09. The summed E-state index contributed by atoms with van der Waals surface area (Å²) in [5.74, 6) is -0.316. The molecule has 26 heavy (non-hydrogen) atoms. The van der Waals surface area contributed by atoms with E-state index in [1.807, 2.05) is 0 Å². The fraction of sp³-hybridized carbons (Fsp3) is 0.150. The number of rotatable bonds is 5. The van der Waals surface area contributed by atoms with Gasteiger partial charge in [-0.3, -0.25) is 10.1 Å². The van der Waals surface area contributed by atoms with Crippen LogP contribution in [0.5, 0.6) is 0 Å². The van der Waals surface area contributed by atoms with E-state index >= 15 is 0 Å². The standard InChI is InChI=1S/C20H19N3O3/c1-3-26-20(25)23-18-9-5-8-17(14(18)2)22-19(24)11-10-15-6-4-7-16(12-15)13-21/h4-12H,3H2,1-2H3,(H,22,24)(H,23,25)/b11-10+. The van der Waals surface area contributed by atoms with Gasteiger partial charge < -0.3 is 10.1 Å². The highest BCUT2D eigenvalue weighted by Crippen LogP contribution is 2.23. The molecule has 132 valence electrons. The van der Waals surface area contributed by atoms with Gasteiger partial charge in [0.2, 0.25) is 5.91 Å². The monoisotopic (exact) mass is 349 g/mol. The molecular formula is C20H19N3O3. The molecule has 2 aromatic rings. The molecule has 0 fully saturated rings. The molecule has 0 heterocycles. The largest absolute Gasteiger partial charge is 0.450 e. The third-order valence-corrected chi connectivity index (χ3v) is 3.55. The van der Waals surface area contributed by atoms with Crippen molar-refractivity contribution in [1.82, 2.24) is 0 Å². The van der Waals surface area contributed by atoms with Gasteiger partial charge in [0.1, 0.15) is 0 Å². The average molecular weight is 349 g/mol. The Bertz CT molecular complexity index is 882. The number of anilines is 2. The van der Waals surface area contributed by atoms with E-state index in [4.69, 9.17) is 10.00 Å². The van der Waals surface area contributed by atoms with Crippen LogP contribution in [-0.2, 0) is 9.53 Å². The Morgan fingerprint density at radius 1 is 1.15 bits per heavy atom. The molecule has 2 amide bonds. The maximum absolute atomic E-state index is 12.2. The number of hydrogen-bond acceptors (Lipinski definition) is 4. The summed E-state index contributed by atoms with van der Waals surface area (Å²) in [6.45, 7) is 3.79. The third-order valence-electron chi connectivity index (χ3n) is 3.55. The number of carbonyl (C=O) groups is 2. The molecule has 0 aliphatic rings. The SMILES string of the molecule is CCOC(=O)Nc1cccc(NC(=O)/C=C/c2cccc(C#N)c2)c1C. The minimum Gasteiger partial charge on any atom is -0.450 e. The second-order valence-electron chi connectivity index (χ2n) is 5.38. The van der Waals surface area contributed by atoms with Crippen LogP contribution in [0.25, 0.3) is 6.08 Å². The molecule has 0 atom stereocenters. The highest BCUT2D eigenvalue weighted by Gasteiger charge is 2.09. The number of benzene rings is 2. The minimum absolute atomic E-state index is 0.277. The first-order chi connectivity index (χ1) is 12.5. The van der Waals surface area contributed by atoms with E-state index in [0.29, 0.717) is 22.5 Å². The summed E-state index contributed by atoms with van der Waals surface area (Å²) < 4.78 is 4.86. The van der Waals surface area contributed by atoms with E-state index in [1.54, 1.807) is 62.4 Å². The Morgan fingerprint density at radius 3 is 2.54 bits per heavy atom. The van der Waals surface area contributed by atoms with E-state index in [0.717, 1.165) is 5.56 Å². The van der Waals surface area contributed by atoms with Crippen molar-refractivity contribution < 1.29 is 14.3 Å². The fourth-order valence-corrected chi connectivity index (χ4v) is 2.24. The van der Waals surface area contributed by atoms with Crippen molar-refractivity contribution >= 4 is 29.5 Å². The first-order valence-electron chi connectivity index (χ1n) is 8.06. The van der Waals surface area contributed by atoms with E-state index in [2.05, 4.69) is 16.7 Å². The Hall–Kier alpha value is -3.59. The summed E-state index contributed by atoms with van der Waals surface area (Å²) in [5, 5.41) is 14.3. The zero-order chi connectivity index (χ0) is 18.9. The van der Waals surface area contributed by atoms with Gasteiger partial charge in [0.15, 0.2) is 0 Å². The first-order valence-corrected chi connectivity index (χ1v) is 8.06. The van der Waals surface area contributed by atoms with Gasteiger partial charge in [0.25, 0.3) is 0 Å². The summed E-state index contributed by atoms with van der Waals surface area (Å²) in [6, 6.07) is 14.2. The molecule has 0 aliphatic carbocycles. The fourth-order valence-electron chi connectivity index (χ4n) is 2.24. The van der Waals surface area contributed by atoms with Crippen molar-refractivity contribution in [3.8, 4) is 6.07 Å². The van der Waals surface area contributed by atoms with Crippen LogP contribution in [0.15, 0.2) is 48.5 Å². The maximum Gasteiger partial charge on any atom is 0.411 e. The lowest BCUT2D eigenvalue weighted by Gasteiger charge is -2.12. The summed E-state index contributed by atoms with van der Waals surface area (Å²) in [7, 11) is 0. The van der Waals surface area contributed by atoms with Crippen LogP contribution in [0.1, 0.15) is 23.6 Å². The highest BCUT2D eigenvalue weighted by molar-refractivity contribution is 6.03. The maximum atomic E-state index is 12.2. The van der Waals surface area contributed by atoms with Gasteiger partial charge >= 0.3 is 6.09 Å². The van der Waals surface area contributed by atoms with E-state index in [1.165, 1.54) is 6.08 Å². The molecule has 0 unspecified atom stereocenters. The van der Waals surface area contributed by atoms with Crippen molar-refractivity contribution in [1.29, 1.82) is 5.26 Å². The lowest BCUT2D eigenvalue weighted by atomic mass is 10.1. The number of amides is 2. The van der Waals surface area contributed by atoms with Crippen LogP contribution < -0.4 is 10.6 Å². The Kier molecular flexibility index (Phi) is 6.52. The number of carbonyl (C=O) groups excluding carboxylic acids is 2. The Morgan fingerprint density at radius 2 is 1.85 bits per heavy atom. The van der Waals surface area contributed by atoms with Gasteiger partial charge in [-0.15, -0.1) is 0 Å². The van der Waals surface area contributed by atoms with Gasteiger partial charge in [0.05, 0.1) is 18.2 Å². The average Bonchev–Trinajstić information content (AvgIpc) is 2.64. The van der Waals surface area contributed by atoms with Gasteiger partial charge in [0, 0.05) is 17.5 Å². The van der Waals surface area contributed by atoms with Crippen molar-refractivity contribution in [3.63, 3.8) is 0 Å². The van der Waals surface area contributed by atoms with Crippen LogP contribution in [0.3, 0.4) is 0 Å². The van der Waals surface area contributed by atoms with Crippen molar-refractivity contribution in [3.05, 3.63) is 65.2 Å². The lowest BCUT2D eigenvalue weighted by Crippen LogP contribution is -2.15. The molecule has 2 rings (SSSR count). The molecule has 0 saturated carbocycles. The molecular weight excluding hydrogens is 330 g/mol. The normalized spacial score (nSPS) is 10.2. The quantitative estimate of drug-likeness (QED) is 0.796. The summed E-state index contributed by atoms with van der Waals surface area (Å²) in [5.41, 5.74) is 3.15. The Labute approximate surface area is 152 Å². The molecule has 6 nitrogen and oxygen atoms in total. The first kappa shape index (κ1) is 18.7. The number of nitrogens with one attached hydrogen (secondary N) is 2. The smallest absolute Gasteiger partial charge is 0.411 e. The highest BCUT2D eigenvalue weighted by atomic mass is 16.5. The molecule has 0 spiro atoms. The zero-order valence-corrected chi connectivity index (χ0v) is 14.6. The van der Waals surface area contributed by atoms with Crippen LogP contribution in [0, 0.1) is 18.3 Å². The second kappa shape index (κ2) is 9.04. The molecule has 0 aromatic heterocycles. The van der Waals surface area contributed by atoms with Crippen molar-refractivity contribution in [2.75, 3.05) is 17.2 Å². The molecule has 6 heteroatoms. The van der Waals surface area contributed by atoms with Crippen molar-refractivity contribution in [2.45, 2.75) is 13.8 Å². The van der Waals surface area contributed by atoms with Crippen LogP contribution >= 0.6 is 0 Å². The van der Waals surface area contributed by atoms with Crippen molar-refractivity contribution in [2.24, 2.45) is 0 Å². The molecule has 2 aromatic carbocycles. The summed E-state index contributed by atoms with van der Waals surface area (Å²) in [4.78, 5) is 23.7. The number of hydrogen-bond donors (Lipinski definition) is 2. The Balaban J connectivity index is 2.08. The van der Waals surface area contributed by atoms with Gasteiger partial charge in [-0.05, 0) is 55.3 Å². The van der Waals surface area contributed by atoms with E-state index in [-0.39, 0.29) is 12.5 Å². The number of nitriles is 1. The predicted molar refractivity (Wildman–Crippen MR) is 101 cm³/mol. The van der Waals surface area contributed by atoms with Gasteiger partial charge in [-0.2, -0.15) is 5.26 Å². The second-order valence-corrected chi connectivity index (χ2v) is 5.38. The number of nitrogens with zero attached hydrogens (tertiary/aromatic N) is 1.